The second-order valence-electron chi connectivity index (χ2n) is 2.83. The largest absolute Gasteiger partial charge is 0.375 e. The van der Waals surface area contributed by atoms with Gasteiger partial charge in [-0.15, -0.1) is 11.3 Å². The number of aromatic nitrogens is 3. The number of aryl methyl sites for hydroxylation is 1. The first-order valence-electron chi connectivity index (χ1n) is 3.94. The molecule has 0 aliphatic carbocycles. The summed E-state index contributed by atoms with van der Waals surface area (Å²) in [7, 11) is 0. The van der Waals surface area contributed by atoms with Crippen molar-refractivity contribution in [3.8, 4) is 0 Å². The van der Waals surface area contributed by atoms with Gasteiger partial charge in [0.25, 0.3) is 0 Å². The number of hydrogen-bond donors (Lipinski definition) is 1. The molecule has 2 rings (SSSR count). The van der Waals surface area contributed by atoms with E-state index in [9.17, 15) is 0 Å². The van der Waals surface area contributed by atoms with Gasteiger partial charge in [0, 0.05) is 11.6 Å². The van der Waals surface area contributed by atoms with Crippen LogP contribution < -0.4 is 5.73 Å². The highest BCUT2D eigenvalue weighted by molar-refractivity contribution is 7.13. The minimum Gasteiger partial charge on any atom is -0.375 e. The number of anilines is 1. The zero-order valence-corrected chi connectivity index (χ0v) is 8.08. The summed E-state index contributed by atoms with van der Waals surface area (Å²) in [6, 6.07) is 1.97. The number of hydrogen-bond acceptors (Lipinski definition) is 4. The van der Waals surface area contributed by atoms with Crippen LogP contribution in [0.4, 0.5) is 5.13 Å². The molecule has 0 unspecified atom stereocenters. The molecular formula is C8H10N4S. The van der Waals surface area contributed by atoms with Crippen molar-refractivity contribution >= 4 is 16.5 Å². The lowest BCUT2D eigenvalue weighted by Gasteiger charge is -1.95. The molecule has 0 bridgehead atoms. The molecule has 68 valence electrons. The topological polar surface area (TPSA) is 56.7 Å². The van der Waals surface area contributed by atoms with Crippen LogP contribution >= 0.6 is 11.3 Å². The predicted molar refractivity (Wildman–Crippen MR) is 52.6 cm³/mol. The lowest BCUT2D eigenvalue weighted by molar-refractivity contribution is 0.669. The van der Waals surface area contributed by atoms with E-state index >= 15 is 0 Å². The molecule has 2 aromatic rings. The van der Waals surface area contributed by atoms with Crippen LogP contribution in [0.15, 0.2) is 17.6 Å². The SMILES string of the molecule is Cc1ccn(Cc2csc(N)n2)n1. The quantitative estimate of drug-likeness (QED) is 0.783. The zero-order valence-electron chi connectivity index (χ0n) is 7.27. The Labute approximate surface area is 80.0 Å². The fraction of sp³-hybridized carbons (Fsp3) is 0.250. The molecule has 4 nitrogen and oxygen atoms in total. The molecule has 0 aromatic carbocycles. The summed E-state index contributed by atoms with van der Waals surface area (Å²) in [6.07, 6.45) is 1.94. The fourth-order valence-electron chi connectivity index (χ4n) is 1.11. The Kier molecular flexibility index (Phi) is 2.02. The average molecular weight is 194 g/mol. The van der Waals surface area contributed by atoms with E-state index < -0.39 is 0 Å². The number of nitrogen functional groups attached to an aromatic ring is 1. The van der Waals surface area contributed by atoms with Crippen molar-refractivity contribution in [1.82, 2.24) is 14.8 Å². The Hall–Kier alpha value is -1.36. The molecule has 0 aliphatic heterocycles. The molecule has 2 N–H and O–H groups in total. The van der Waals surface area contributed by atoms with Crippen molar-refractivity contribution in [2.24, 2.45) is 0 Å². The average Bonchev–Trinajstić information content (AvgIpc) is 2.62. The zero-order chi connectivity index (χ0) is 9.26. The van der Waals surface area contributed by atoms with Gasteiger partial charge in [0.15, 0.2) is 5.13 Å². The lowest BCUT2D eigenvalue weighted by atomic mass is 10.5. The Morgan fingerprint density at radius 3 is 3.00 bits per heavy atom. The molecule has 5 heteroatoms. The van der Waals surface area contributed by atoms with Gasteiger partial charge >= 0.3 is 0 Å². The first-order chi connectivity index (χ1) is 6.24. The highest BCUT2D eigenvalue weighted by Crippen LogP contribution is 2.11. The van der Waals surface area contributed by atoms with Crippen LogP contribution in [0.2, 0.25) is 0 Å². The maximum Gasteiger partial charge on any atom is 0.180 e. The molecule has 0 saturated carbocycles. The highest BCUT2D eigenvalue weighted by Gasteiger charge is 2.00. The molecule has 2 aromatic heterocycles. The van der Waals surface area contributed by atoms with Gasteiger partial charge in [0.1, 0.15) is 0 Å². The highest BCUT2D eigenvalue weighted by atomic mass is 32.1. The lowest BCUT2D eigenvalue weighted by Crippen LogP contribution is -2.00. The Morgan fingerprint density at radius 2 is 2.46 bits per heavy atom. The van der Waals surface area contributed by atoms with Crippen LogP contribution in [-0.2, 0) is 6.54 Å². The van der Waals surface area contributed by atoms with E-state index in [1.165, 1.54) is 11.3 Å². The van der Waals surface area contributed by atoms with Gasteiger partial charge in [-0.05, 0) is 13.0 Å². The summed E-state index contributed by atoms with van der Waals surface area (Å²) in [5.41, 5.74) is 7.50. The van der Waals surface area contributed by atoms with Gasteiger partial charge in [0.05, 0.1) is 17.9 Å². The van der Waals surface area contributed by atoms with Crippen molar-refractivity contribution in [3.05, 3.63) is 29.0 Å². The van der Waals surface area contributed by atoms with Crippen LogP contribution in [0, 0.1) is 6.92 Å². The standard InChI is InChI=1S/C8H10N4S/c1-6-2-3-12(11-6)4-7-5-13-8(9)10-7/h2-3,5H,4H2,1H3,(H2,9,10). The number of nitrogens with two attached hydrogens (primary N) is 1. The van der Waals surface area contributed by atoms with Crippen molar-refractivity contribution in [1.29, 1.82) is 0 Å². The maximum absolute atomic E-state index is 5.52. The van der Waals surface area contributed by atoms with Crippen LogP contribution in [0.5, 0.6) is 0 Å². The molecule has 0 amide bonds. The summed E-state index contributed by atoms with van der Waals surface area (Å²) in [4.78, 5) is 4.15. The second kappa shape index (κ2) is 3.18. The Bertz CT molecular complexity index is 365. The molecular weight excluding hydrogens is 184 g/mol. The normalized spacial score (nSPS) is 10.5. The van der Waals surface area contributed by atoms with Crippen molar-refractivity contribution in [2.45, 2.75) is 13.5 Å². The van der Waals surface area contributed by atoms with E-state index in [4.69, 9.17) is 5.73 Å². The molecule has 0 saturated heterocycles. The molecule has 13 heavy (non-hydrogen) atoms. The van der Waals surface area contributed by atoms with Crippen molar-refractivity contribution < 1.29 is 0 Å². The molecule has 0 fully saturated rings. The summed E-state index contributed by atoms with van der Waals surface area (Å²) < 4.78 is 1.85. The summed E-state index contributed by atoms with van der Waals surface area (Å²) >= 11 is 1.46. The maximum atomic E-state index is 5.52. The number of nitrogens with zero attached hydrogens (tertiary/aromatic N) is 3. The first-order valence-corrected chi connectivity index (χ1v) is 4.82. The van der Waals surface area contributed by atoms with Gasteiger partial charge in [-0.25, -0.2) is 4.98 Å². The second-order valence-corrected chi connectivity index (χ2v) is 3.72. The molecule has 0 spiro atoms. The third-order valence-electron chi connectivity index (χ3n) is 1.67. The van der Waals surface area contributed by atoms with Gasteiger partial charge in [0.2, 0.25) is 0 Å². The Balaban J connectivity index is 2.14. The monoisotopic (exact) mass is 194 g/mol. The van der Waals surface area contributed by atoms with Crippen LogP contribution in [0.1, 0.15) is 11.4 Å². The third-order valence-corrected chi connectivity index (χ3v) is 2.39. The smallest absolute Gasteiger partial charge is 0.180 e. The molecule has 0 atom stereocenters. The van der Waals surface area contributed by atoms with Crippen LogP contribution in [0.3, 0.4) is 0 Å². The summed E-state index contributed by atoms with van der Waals surface area (Å²) in [6.45, 7) is 2.66. The minimum atomic E-state index is 0.610. The van der Waals surface area contributed by atoms with Gasteiger partial charge in [-0.2, -0.15) is 5.10 Å². The summed E-state index contributed by atoms with van der Waals surface area (Å²) in [5, 5.41) is 6.82. The van der Waals surface area contributed by atoms with Crippen molar-refractivity contribution in [3.63, 3.8) is 0 Å². The van der Waals surface area contributed by atoms with E-state index in [1.54, 1.807) is 0 Å². The van der Waals surface area contributed by atoms with Gasteiger partial charge in [-0.1, -0.05) is 0 Å². The van der Waals surface area contributed by atoms with Crippen molar-refractivity contribution in [2.75, 3.05) is 5.73 Å². The van der Waals surface area contributed by atoms with Gasteiger partial charge in [-0.3, -0.25) is 4.68 Å². The predicted octanol–water partition coefficient (Wildman–Crippen LogP) is 1.28. The van der Waals surface area contributed by atoms with E-state index in [-0.39, 0.29) is 0 Å². The molecule has 0 aliphatic rings. The number of rotatable bonds is 2. The van der Waals surface area contributed by atoms with E-state index in [2.05, 4.69) is 10.1 Å². The third kappa shape index (κ3) is 1.86. The van der Waals surface area contributed by atoms with E-state index in [0.717, 1.165) is 11.4 Å². The summed E-state index contributed by atoms with van der Waals surface area (Å²) in [5.74, 6) is 0. The fourth-order valence-corrected chi connectivity index (χ4v) is 1.67. The first kappa shape index (κ1) is 8.25. The molecule has 2 heterocycles. The Morgan fingerprint density at radius 1 is 1.62 bits per heavy atom. The number of thiazole rings is 1. The van der Waals surface area contributed by atoms with E-state index in [1.807, 2.05) is 29.2 Å². The minimum absolute atomic E-state index is 0.610. The van der Waals surface area contributed by atoms with Crippen LogP contribution in [0.25, 0.3) is 0 Å². The van der Waals surface area contributed by atoms with E-state index in [0.29, 0.717) is 11.7 Å². The molecule has 0 radical (unpaired) electrons. The van der Waals surface area contributed by atoms with Crippen LogP contribution in [-0.4, -0.2) is 14.8 Å². The van der Waals surface area contributed by atoms with Gasteiger partial charge < -0.3 is 5.73 Å².